The van der Waals surface area contributed by atoms with Gasteiger partial charge in [0, 0.05) is 44.9 Å². The number of aryl methyl sites for hydroxylation is 1. The molecule has 0 aliphatic carbocycles. The van der Waals surface area contributed by atoms with Gasteiger partial charge in [-0.15, -0.1) is 0 Å². The lowest BCUT2D eigenvalue weighted by Crippen LogP contribution is -2.57. The summed E-state index contributed by atoms with van der Waals surface area (Å²) in [6, 6.07) is 14.1. The quantitative estimate of drug-likeness (QED) is 0.756. The zero-order chi connectivity index (χ0) is 21.1. The molecule has 0 bridgehead atoms. The molecule has 4 amide bonds. The average Bonchev–Trinajstić information content (AvgIpc) is 2.98. The first-order valence-electron chi connectivity index (χ1n) is 10.1. The van der Waals surface area contributed by atoms with Gasteiger partial charge in [0.25, 0.3) is 11.5 Å². The Morgan fingerprint density at radius 3 is 2.37 bits per heavy atom. The van der Waals surface area contributed by atoms with Crippen LogP contribution in [0.4, 0.5) is 4.79 Å². The van der Waals surface area contributed by atoms with Gasteiger partial charge in [-0.3, -0.25) is 19.7 Å². The van der Waals surface area contributed by atoms with Crippen LogP contribution in [0.25, 0.3) is 0 Å². The van der Waals surface area contributed by atoms with Crippen molar-refractivity contribution in [1.29, 1.82) is 0 Å². The molecule has 4 rings (SSSR count). The first-order chi connectivity index (χ1) is 14.5. The van der Waals surface area contributed by atoms with Crippen LogP contribution in [-0.4, -0.2) is 50.8 Å². The van der Waals surface area contributed by atoms with E-state index in [9.17, 15) is 19.2 Å². The molecule has 30 heavy (non-hydrogen) atoms. The van der Waals surface area contributed by atoms with Crippen molar-refractivity contribution in [3.63, 3.8) is 0 Å². The molecule has 0 atom stereocenters. The normalized spacial score (nSPS) is 18.0. The van der Waals surface area contributed by atoms with Crippen LogP contribution in [0.5, 0.6) is 0 Å². The van der Waals surface area contributed by atoms with E-state index in [1.807, 2.05) is 30.3 Å². The van der Waals surface area contributed by atoms with Gasteiger partial charge >= 0.3 is 6.03 Å². The van der Waals surface area contributed by atoms with Gasteiger partial charge in [0.15, 0.2) is 0 Å². The third-order valence-corrected chi connectivity index (χ3v) is 6.00. The number of carbonyl (C=O) groups excluding carboxylic acids is 3. The summed E-state index contributed by atoms with van der Waals surface area (Å²) in [7, 11) is 0. The van der Waals surface area contributed by atoms with Crippen LogP contribution in [0.2, 0.25) is 0 Å². The van der Waals surface area contributed by atoms with E-state index < -0.39 is 5.54 Å². The second-order valence-corrected chi connectivity index (χ2v) is 7.73. The summed E-state index contributed by atoms with van der Waals surface area (Å²) in [4.78, 5) is 52.9. The Balaban J connectivity index is 1.40. The Morgan fingerprint density at radius 2 is 1.67 bits per heavy atom. The van der Waals surface area contributed by atoms with Crippen LogP contribution in [0, 0.1) is 0 Å². The van der Waals surface area contributed by atoms with E-state index in [4.69, 9.17) is 0 Å². The van der Waals surface area contributed by atoms with Gasteiger partial charge in [-0.05, 0) is 24.5 Å². The standard InChI is InChI=1S/C22H24N4O4/c27-18-8-4-5-12-24(18)13-9-19(28)25-14-10-22(11-15-25)20(29)23-21(30)26(22)16-17-6-2-1-3-7-17/h1-8,12H,9-11,13-16H2,(H,23,29,30). The number of nitrogens with one attached hydrogen (secondary N) is 1. The van der Waals surface area contributed by atoms with E-state index >= 15 is 0 Å². The fourth-order valence-electron chi connectivity index (χ4n) is 4.23. The second kappa shape index (κ2) is 8.14. The number of piperidine rings is 1. The fourth-order valence-corrected chi connectivity index (χ4v) is 4.23. The highest BCUT2D eigenvalue weighted by molar-refractivity contribution is 6.07. The summed E-state index contributed by atoms with van der Waals surface area (Å²) in [6.45, 7) is 1.46. The van der Waals surface area contributed by atoms with Crippen molar-refractivity contribution in [3.05, 3.63) is 70.6 Å². The Bertz CT molecular complexity index is 1010. The number of urea groups is 1. The number of benzene rings is 1. The lowest BCUT2D eigenvalue weighted by molar-refractivity contribution is -0.138. The summed E-state index contributed by atoms with van der Waals surface area (Å²) >= 11 is 0. The molecule has 1 aromatic carbocycles. The maximum absolute atomic E-state index is 12.7. The van der Waals surface area contributed by atoms with Gasteiger partial charge in [0.1, 0.15) is 5.54 Å². The Morgan fingerprint density at radius 1 is 0.967 bits per heavy atom. The predicted octanol–water partition coefficient (Wildman–Crippen LogP) is 1.35. The maximum atomic E-state index is 12.7. The molecule has 2 saturated heterocycles. The number of rotatable bonds is 5. The third kappa shape index (κ3) is 3.72. The molecule has 2 fully saturated rings. The van der Waals surface area contributed by atoms with Crippen molar-refractivity contribution >= 4 is 17.8 Å². The average molecular weight is 408 g/mol. The molecule has 1 spiro atoms. The monoisotopic (exact) mass is 408 g/mol. The van der Waals surface area contributed by atoms with Gasteiger partial charge in [0.05, 0.1) is 0 Å². The maximum Gasteiger partial charge on any atom is 0.325 e. The van der Waals surface area contributed by atoms with Gasteiger partial charge in [0.2, 0.25) is 5.91 Å². The number of aromatic nitrogens is 1. The molecule has 2 aliphatic heterocycles. The topological polar surface area (TPSA) is 91.7 Å². The van der Waals surface area contributed by atoms with E-state index in [0.29, 0.717) is 39.0 Å². The number of likely N-dealkylation sites (tertiary alicyclic amines) is 1. The van der Waals surface area contributed by atoms with Gasteiger partial charge in [-0.25, -0.2) is 4.79 Å². The van der Waals surface area contributed by atoms with Crippen molar-refractivity contribution in [2.75, 3.05) is 13.1 Å². The van der Waals surface area contributed by atoms with Crippen molar-refractivity contribution in [2.45, 2.75) is 37.9 Å². The van der Waals surface area contributed by atoms with E-state index in [1.165, 1.54) is 10.6 Å². The zero-order valence-electron chi connectivity index (χ0n) is 16.6. The molecular formula is C22H24N4O4. The molecule has 156 valence electrons. The predicted molar refractivity (Wildman–Crippen MR) is 109 cm³/mol. The summed E-state index contributed by atoms with van der Waals surface area (Å²) in [5.41, 5.74) is -0.103. The summed E-state index contributed by atoms with van der Waals surface area (Å²) < 4.78 is 1.51. The number of amides is 4. The highest BCUT2D eigenvalue weighted by Crippen LogP contribution is 2.34. The minimum Gasteiger partial charge on any atom is -0.342 e. The molecule has 1 aromatic heterocycles. The molecule has 8 heteroatoms. The van der Waals surface area contributed by atoms with Crippen molar-refractivity contribution in [3.8, 4) is 0 Å². The molecule has 2 aromatic rings. The summed E-state index contributed by atoms with van der Waals surface area (Å²) in [6.07, 6.45) is 2.68. The van der Waals surface area contributed by atoms with E-state index in [0.717, 1.165) is 5.56 Å². The molecule has 8 nitrogen and oxygen atoms in total. The first kappa shape index (κ1) is 19.9. The minimum atomic E-state index is -0.917. The molecule has 0 saturated carbocycles. The number of nitrogens with zero attached hydrogens (tertiary/aromatic N) is 3. The molecule has 0 radical (unpaired) electrons. The van der Waals surface area contributed by atoms with Gasteiger partial charge < -0.3 is 14.4 Å². The molecule has 3 heterocycles. The van der Waals surface area contributed by atoms with Crippen molar-refractivity contribution < 1.29 is 14.4 Å². The Labute approximate surface area is 174 Å². The van der Waals surface area contributed by atoms with Crippen LogP contribution >= 0.6 is 0 Å². The lowest BCUT2D eigenvalue weighted by atomic mass is 9.85. The number of imide groups is 1. The SMILES string of the molecule is O=C(CCn1ccccc1=O)N1CCC2(CC1)C(=O)NC(=O)N2Cc1ccccc1. The summed E-state index contributed by atoms with van der Waals surface area (Å²) in [5, 5.41) is 2.45. The largest absolute Gasteiger partial charge is 0.342 e. The summed E-state index contributed by atoms with van der Waals surface area (Å²) in [5.74, 6) is -0.341. The molecule has 0 unspecified atom stereocenters. The number of hydrogen-bond donors (Lipinski definition) is 1. The van der Waals surface area contributed by atoms with Crippen LogP contribution in [0.3, 0.4) is 0 Å². The zero-order valence-corrected chi connectivity index (χ0v) is 16.6. The number of carbonyl (C=O) groups is 3. The van der Waals surface area contributed by atoms with Gasteiger partial charge in [-0.2, -0.15) is 0 Å². The van der Waals surface area contributed by atoms with E-state index in [-0.39, 0.29) is 29.8 Å². The highest BCUT2D eigenvalue weighted by Gasteiger charge is 2.54. The molecule has 1 N–H and O–H groups in total. The first-order valence-corrected chi connectivity index (χ1v) is 10.1. The minimum absolute atomic E-state index is 0.0556. The van der Waals surface area contributed by atoms with Crippen molar-refractivity contribution in [1.82, 2.24) is 19.7 Å². The van der Waals surface area contributed by atoms with E-state index in [2.05, 4.69) is 5.32 Å². The lowest BCUT2D eigenvalue weighted by Gasteiger charge is -2.42. The smallest absolute Gasteiger partial charge is 0.325 e. The fraction of sp³-hybridized carbons (Fsp3) is 0.364. The molecular weight excluding hydrogens is 384 g/mol. The van der Waals surface area contributed by atoms with Crippen LogP contribution in [-0.2, 0) is 22.7 Å². The Kier molecular flexibility index (Phi) is 5.39. The van der Waals surface area contributed by atoms with Gasteiger partial charge in [-0.1, -0.05) is 36.4 Å². The second-order valence-electron chi connectivity index (χ2n) is 7.73. The molecule has 2 aliphatic rings. The highest BCUT2D eigenvalue weighted by atomic mass is 16.2. The van der Waals surface area contributed by atoms with E-state index in [1.54, 1.807) is 28.1 Å². The van der Waals surface area contributed by atoms with Crippen LogP contribution in [0.15, 0.2) is 59.5 Å². The Hall–Kier alpha value is -3.42. The third-order valence-electron chi connectivity index (χ3n) is 6.00. The number of pyridine rings is 1. The van der Waals surface area contributed by atoms with Crippen molar-refractivity contribution in [2.24, 2.45) is 0 Å². The number of hydrogen-bond acceptors (Lipinski definition) is 4. The van der Waals surface area contributed by atoms with Crippen LogP contribution < -0.4 is 10.9 Å². The van der Waals surface area contributed by atoms with Crippen LogP contribution in [0.1, 0.15) is 24.8 Å².